The summed E-state index contributed by atoms with van der Waals surface area (Å²) < 4.78 is 46.0. The number of aryl methyl sites for hydroxylation is 1. The number of carboxylic acid groups (broad SMARTS) is 1. The standard InChI is InChI=1S/C18H16F3NO6/c1-8-3-13(23)16(18(27)22(8)7-14(24)25)10(6-15(26)28-2)9-4-11(19)17(21)12(20)5-9/h3-5,10,23H,6-7H2,1-2H3,(H,24,25)/t10-/m1/s1. The van der Waals surface area contributed by atoms with Crippen molar-refractivity contribution in [2.75, 3.05) is 7.11 Å². The lowest BCUT2D eigenvalue weighted by molar-refractivity contribution is -0.141. The first-order valence-electron chi connectivity index (χ1n) is 7.93. The van der Waals surface area contributed by atoms with Crippen molar-refractivity contribution in [3.8, 4) is 5.75 Å². The summed E-state index contributed by atoms with van der Waals surface area (Å²) in [5.41, 5.74) is -1.64. The number of methoxy groups -OCH3 is 1. The Morgan fingerprint density at radius 3 is 2.25 bits per heavy atom. The molecule has 0 amide bonds. The largest absolute Gasteiger partial charge is 0.507 e. The highest BCUT2D eigenvalue weighted by molar-refractivity contribution is 5.71. The highest BCUT2D eigenvalue weighted by Crippen LogP contribution is 2.33. The van der Waals surface area contributed by atoms with E-state index in [4.69, 9.17) is 5.11 Å². The number of ether oxygens (including phenoxy) is 1. The summed E-state index contributed by atoms with van der Waals surface area (Å²) in [6, 6.07) is 2.26. The topological polar surface area (TPSA) is 106 Å². The van der Waals surface area contributed by atoms with Crippen LogP contribution in [0.25, 0.3) is 0 Å². The lowest BCUT2D eigenvalue weighted by Gasteiger charge is -2.20. The predicted molar refractivity (Wildman–Crippen MR) is 89.5 cm³/mol. The molecule has 0 fully saturated rings. The van der Waals surface area contributed by atoms with Crippen molar-refractivity contribution in [3.63, 3.8) is 0 Å². The Morgan fingerprint density at radius 1 is 1.18 bits per heavy atom. The van der Waals surface area contributed by atoms with Gasteiger partial charge >= 0.3 is 11.9 Å². The summed E-state index contributed by atoms with van der Waals surface area (Å²) in [6.45, 7) is 0.634. The van der Waals surface area contributed by atoms with Gasteiger partial charge in [0.05, 0.1) is 19.1 Å². The Labute approximate surface area is 156 Å². The van der Waals surface area contributed by atoms with Crippen molar-refractivity contribution in [3.05, 3.63) is 62.8 Å². The van der Waals surface area contributed by atoms with Crippen molar-refractivity contribution in [1.29, 1.82) is 0 Å². The number of carboxylic acids is 1. The number of aromatic nitrogens is 1. The predicted octanol–water partition coefficient (Wildman–Crippen LogP) is 2.06. The quantitative estimate of drug-likeness (QED) is 0.569. The van der Waals surface area contributed by atoms with Crippen LogP contribution in [0.1, 0.15) is 29.2 Å². The number of rotatable bonds is 6. The number of halogens is 3. The van der Waals surface area contributed by atoms with E-state index < -0.39 is 65.1 Å². The number of aliphatic carboxylic acids is 1. The van der Waals surface area contributed by atoms with E-state index in [1.54, 1.807) is 0 Å². The molecule has 28 heavy (non-hydrogen) atoms. The molecule has 2 aromatic rings. The van der Waals surface area contributed by atoms with E-state index in [2.05, 4.69) is 4.74 Å². The van der Waals surface area contributed by atoms with Crippen LogP contribution in [-0.2, 0) is 20.9 Å². The molecule has 1 aromatic carbocycles. The number of pyridine rings is 1. The minimum atomic E-state index is -1.74. The number of benzene rings is 1. The van der Waals surface area contributed by atoms with Crippen LogP contribution in [0, 0.1) is 24.4 Å². The molecule has 0 spiro atoms. The molecule has 150 valence electrons. The van der Waals surface area contributed by atoms with E-state index in [1.807, 2.05) is 0 Å². The summed E-state index contributed by atoms with van der Waals surface area (Å²) in [5.74, 6) is -9.08. The average Bonchev–Trinajstić information content (AvgIpc) is 2.61. The van der Waals surface area contributed by atoms with Gasteiger partial charge in [0.2, 0.25) is 0 Å². The van der Waals surface area contributed by atoms with Gasteiger partial charge in [-0.3, -0.25) is 14.4 Å². The normalized spacial score (nSPS) is 11.9. The minimum Gasteiger partial charge on any atom is -0.507 e. The molecule has 2 rings (SSSR count). The van der Waals surface area contributed by atoms with Crippen molar-refractivity contribution in [2.45, 2.75) is 25.8 Å². The summed E-state index contributed by atoms with van der Waals surface area (Å²) in [4.78, 5) is 35.6. The Hall–Kier alpha value is -3.30. The summed E-state index contributed by atoms with van der Waals surface area (Å²) >= 11 is 0. The van der Waals surface area contributed by atoms with Gasteiger partial charge in [0, 0.05) is 11.6 Å². The van der Waals surface area contributed by atoms with Crippen LogP contribution in [0.3, 0.4) is 0 Å². The molecule has 0 saturated carbocycles. The molecular formula is C18H16F3NO6. The third-order valence-electron chi connectivity index (χ3n) is 4.17. The Bertz CT molecular complexity index is 979. The van der Waals surface area contributed by atoms with Crippen LogP contribution in [0.4, 0.5) is 13.2 Å². The third-order valence-corrected chi connectivity index (χ3v) is 4.17. The molecule has 1 heterocycles. The molecule has 0 aliphatic heterocycles. The van der Waals surface area contributed by atoms with Crippen LogP contribution < -0.4 is 5.56 Å². The molecule has 2 N–H and O–H groups in total. The molecule has 1 aromatic heterocycles. The first-order valence-corrected chi connectivity index (χ1v) is 7.93. The van der Waals surface area contributed by atoms with Gasteiger partial charge in [-0.1, -0.05) is 0 Å². The van der Waals surface area contributed by atoms with Gasteiger partial charge < -0.3 is 19.5 Å². The van der Waals surface area contributed by atoms with Crippen molar-refractivity contribution in [1.82, 2.24) is 4.57 Å². The Balaban J connectivity index is 2.76. The number of nitrogens with zero attached hydrogens (tertiary/aromatic N) is 1. The van der Waals surface area contributed by atoms with Crippen LogP contribution in [-0.4, -0.2) is 33.8 Å². The van der Waals surface area contributed by atoms with Gasteiger partial charge in [0.25, 0.3) is 5.56 Å². The van der Waals surface area contributed by atoms with Crippen molar-refractivity contribution >= 4 is 11.9 Å². The van der Waals surface area contributed by atoms with E-state index in [0.29, 0.717) is 12.1 Å². The number of carbonyl (C=O) groups is 2. The molecular weight excluding hydrogens is 383 g/mol. The summed E-state index contributed by atoms with van der Waals surface area (Å²) in [6.07, 6.45) is -0.611. The number of esters is 1. The monoisotopic (exact) mass is 399 g/mol. The lowest BCUT2D eigenvalue weighted by Crippen LogP contribution is -2.31. The molecule has 0 saturated heterocycles. The molecule has 0 bridgehead atoms. The van der Waals surface area contributed by atoms with Crippen LogP contribution in [0.5, 0.6) is 5.75 Å². The molecule has 0 aliphatic rings. The van der Waals surface area contributed by atoms with Crippen LogP contribution in [0.15, 0.2) is 23.0 Å². The summed E-state index contributed by atoms with van der Waals surface area (Å²) in [5, 5.41) is 19.2. The second kappa shape index (κ2) is 8.15. The number of hydrogen-bond acceptors (Lipinski definition) is 5. The highest BCUT2D eigenvalue weighted by atomic mass is 19.2. The highest BCUT2D eigenvalue weighted by Gasteiger charge is 2.28. The van der Waals surface area contributed by atoms with E-state index in [9.17, 15) is 32.7 Å². The zero-order chi connectivity index (χ0) is 21.2. The Morgan fingerprint density at radius 2 is 1.75 bits per heavy atom. The van der Waals surface area contributed by atoms with Gasteiger partial charge in [-0.25, -0.2) is 13.2 Å². The van der Waals surface area contributed by atoms with Crippen LogP contribution in [0.2, 0.25) is 0 Å². The SMILES string of the molecule is COC(=O)C[C@H](c1cc(F)c(F)c(F)c1)c1c(O)cc(C)n(CC(=O)O)c1=O. The second-order valence-corrected chi connectivity index (χ2v) is 6.00. The fraction of sp³-hybridized carbons (Fsp3) is 0.278. The zero-order valence-corrected chi connectivity index (χ0v) is 14.8. The molecule has 0 unspecified atom stereocenters. The first kappa shape index (κ1) is 21.0. The minimum absolute atomic E-state index is 0.113. The Kier molecular flexibility index (Phi) is 6.12. The smallest absolute Gasteiger partial charge is 0.323 e. The number of carbonyl (C=O) groups excluding carboxylic acids is 1. The van der Waals surface area contributed by atoms with Crippen molar-refractivity contribution < 1.29 is 37.7 Å². The maximum Gasteiger partial charge on any atom is 0.323 e. The number of aromatic hydroxyl groups is 1. The van der Waals surface area contributed by atoms with Gasteiger partial charge in [0.15, 0.2) is 17.5 Å². The van der Waals surface area contributed by atoms with E-state index in [0.717, 1.165) is 17.7 Å². The van der Waals surface area contributed by atoms with E-state index in [1.165, 1.54) is 6.92 Å². The van der Waals surface area contributed by atoms with E-state index >= 15 is 0 Å². The van der Waals surface area contributed by atoms with E-state index in [-0.39, 0.29) is 11.3 Å². The maximum atomic E-state index is 13.7. The lowest BCUT2D eigenvalue weighted by atomic mass is 9.88. The average molecular weight is 399 g/mol. The fourth-order valence-corrected chi connectivity index (χ4v) is 2.84. The molecule has 0 aliphatic carbocycles. The molecule has 0 radical (unpaired) electrons. The van der Waals surface area contributed by atoms with Gasteiger partial charge in [-0.05, 0) is 30.7 Å². The third kappa shape index (κ3) is 4.16. The van der Waals surface area contributed by atoms with Crippen LogP contribution >= 0.6 is 0 Å². The fourth-order valence-electron chi connectivity index (χ4n) is 2.84. The number of hydrogen-bond donors (Lipinski definition) is 2. The van der Waals surface area contributed by atoms with Gasteiger partial charge in [0.1, 0.15) is 12.3 Å². The molecule has 1 atom stereocenters. The molecule has 10 heteroatoms. The maximum absolute atomic E-state index is 13.7. The summed E-state index contributed by atoms with van der Waals surface area (Å²) in [7, 11) is 1.04. The van der Waals surface area contributed by atoms with Gasteiger partial charge in [-0.15, -0.1) is 0 Å². The zero-order valence-electron chi connectivity index (χ0n) is 14.8. The van der Waals surface area contributed by atoms with Gasteiger partial charge in [-0.2, -0.15) is 0 Å². The second-order valence-electron chi connectivity index (χ2n) is 6.00. The first-order chi connectivity index (χ1) is 13.1. The van der Waals surface area contributed by atoms with Crippen molar-refractivity contribution in [2.24, 2.45) is 0 Å². The molecule has 7 nitrogen and oxygen atoms in total.